The van der Waals surface area contributed by atoms with Crippen LogP contribution in [0.15, 0.2) is 96.2 Å². The number of anilines is 1. The quantitative estimate of drug-likeness (QED) is 0.419. The molecule has 0 spiro atoms. The van der Waals surface area contributed by atoms with Gasteiger partial charge in [0, 0.05) is 36.4 Å². The molecule has 0 saturated carbocycles. The van der Waals surface area contributed by atoms with Crippen LogP contribution in [0.1, 0.15) is 30.5 Å². The van der Waals surface area contributed by atoms with Crippen molar-refractivity contribution in [1.82, 2.24) is 14.8 Å². The van der Waals surface area contributed by atoms with Crippen molar-refractivity contribution < 1.29 is 13.2 Å². The predicted octanol–water partition coefficient (Wildman–Crippen LogP) is 4.61. The third kappa shape index (κ3) is 4.92. The number of carbonyl (C=O) groups is 1. The third-order valence-electron chi connectivity index (χ3n) is 5.90. The van der Waals surface area contributed by atoms with Gasteiger partial charge in [0.1, 0.15) is 5.69 Å². The molecule has 1 aliphatic heterocycles. The van der Waals surface area contributed by atoms with Gasteiger partial charge in [-0.25, -0.2) is 18.1 Å². The van der Waals surface area contributed by atoms with Gasteiger partial charge >= 0.3 is 0 Å². The van der Waals surface area contributed by atoms with Gasteiger partial charge < -0.3 is 0 Å². The largest absolute Gasteiger partial charge is 0.284 e. The minimum atomic E-state index is -3.43. The summed E-state index contributed by atoms with van der Waals surface area (Å²) in [5, 5.41) is 11.1. The number of aromatic nitrogens is 2. The Balaban J connectivity index is 1.56. The van der Waals surface area contributed by atoms with Gasteiger partial charge in [0.25, 0.3) is 0 Å². The Kier molecular flexibility index (Phi) is 6.15. The van der Waals surface area contributed by atoms with Crippen LogP contribution in [0.3, 0.4) is 0 Å². The Morgan fingerprint density at radius 2 is 1.67 bits per heavy atom. The minimum absolute atomic E-state index is 0.201. The van der Waals surface area contributed by atoms with E-state index in [0.29, 0.717) is 12.1 Å². The summed E-state index contributed by atoms with van der Waals surface area (Å²) in [5.41, 5.74) is 5.43. The molecule has 182 valence electrons. The molecule has 3 aromatic carbocycles. The van der Waals surface area contributed by atoms with Crippen molar-refractivity contribution in [2.24, 2.45) is 5.10 Å². The van der Waals surface area contributed by atoms with Crippen LogP contribution in [0.5, 0.6) is 0 Å². The molecule has 0 fully saturated rings. The van der Waals surface area contributed by atoms with E-state index < -0.39 is 10.0 Å². The highest BCUT2D eigenvalue weighted by Gasteiger charge is 2.33. The molecule has 1 aliphatic rings. The first-order valence-electron chi connectivity index (χ1n) is 11.4. The average Bonchev–Trinajstić information content (AvgIpc) is 3.50. The van der Waals surface area contributed by atoms with E-state index in [1.165, 1.54) is 11.9 Å². The minimum Gasteiger partial charge on any atom is -0.284 e. The molecule has 8 nitrogen and oxygen atoms in total. The number of nitrogens with zero attached hydrogens (tertiary/aromatic N) is 4. The molecule has 1 N–H and O–H groups in total. The van der Waals surface area contributed by atoms with E-state index >= 15 is 0 Å². The fraction of sp³-hybridized carbons (Fsp3) is 0.148. The number of benzene rings is 3. The number of hydrogen-bond acceptors (Lipinski definition) is 5. The summed E-state index contributed by atoms with van der Waals surface area (Å²) in [6.45, 7) is 1.48. The lowest BCUT2D eigenvalue weighted by Gasteiger charge is -2.21. The van der Waals surface area contributed by atoms with Crippen molar-refractivity contribution in [2.45, 2.75) is 19.4 Å². The van der Waals surface area contributed by atoms with Gasteiger partial charge in [-0.2, -0.15) is 10.2 Å². The maximum atomic E-state index is 12.6. The van der Waals surface area contributed by atoms with E-state index in [4.69, 9.17) is 10.2 Å². The van der Waals surface area contributed by atoms with Crippen molar-refractivity contribution in [2.75, 3.05) is 11.0 Å². The highest BCUT2D eigenvalue weighted by atomic mass is 32.2. The topological polar surface area (TPSA) is 96.7 Å². The molecule has 1 amide bonds. The van der Waals surface area contributed by atoms with Crippen molar-refractivity contribution >= 4 is 27.3 Å². The number of carbonyl (C=O) groups excluding carboxylic acids is 1. The number of nitrogens with one attached hydrogen (secondary N) is 1. The zero-order chi connectivity index (χ0) is 25.3. The monoisotopic (exact) mass is 499 g/mol. The van der Waals surface area contributed by atoms with Crippen LogP contribution in [0.25, 0.3) is 16.9 Å². The van der Waals surface area contributed by atoms with Crippen molar-refractivity contribution in [3.63, 3.8) is 0 Å². The van der Waals surface area contributed by atoms with Gasteiger partial charge in [-0.1, -0.05) is 60.7 Å². The number of hydrogen-bond donors (Lipinski definition) is 1. The second-order valence-corrected chi connectivity index (χ2v) is 10.4. The van der Waals surface area contributed by atoms with Crippen LogP contribution in [0, 0.1) is 0 Å². The third-order valence-corrected chi connectivity index (χ3v) is 6.51. The Labute approximate surface area is 209 Å². The lowest BCUT2D eigenvalue weighted by atomic mass is 9.97. The van der Waals surface area contributed by atoms with Crippen molar-refractivity contribution in [3.05, 3.63) is 102 Å². The van der Waals surface area contributed by atoms with Gasteiger partial charge in [-0.15, -0.1) is 0 Å². The SMILES string of the molecule is CC(=O)N1N=C(c2cn(-c3ccccc3)nc2-c2ccccc2)C[C@@H]1c1cccc(NS(C)(=O)=O)c1. The number of hydrazone groups is 1. The molecular weight excluding hydrogens is 474 g/mol. The Morgan fingerprint density at radius 3 is 2.33 bits per heavy atom. The van der Waals surface area contributed by atoms with E-state index in [2.05, 4.69) is 4.72 Å². The van der Waals surface area contributed by atoms with E-state index in [1.807, 2.05) is 77.6 Å². The first-order valence-corrected chi connectivity index (χ1v) is 13.3. The first kappa shape index (κ1) is 23.5. The molecule has 5 rings (SSSR count). The first-order chi connectivity index (χ1) is 17.3. The molecule has 2 heterocycles. The molecule has 0 saturated heterocycles. The molecule has 1 aromatic heterocycles. The highest BCUT2D eigenvalue weighted by Crippen LogP contribution is 2.36. The summed E-state index contributed by atoms with van der Waals surface area (Å²) in [6, 6.07) is 26.4. The fourth-order valence-corrected chi connectivity index (χ4v) is 4.91. The van der Waals surface area contributed by atoms with Gasteiger partial charge in [0.2, 0.25) is 15.9 Å². The normalized spacial score (nSPS) is 15.6. The lowest BCUT2D eigenvalue weighted by Crippen LogP contribution is -2.24. The van der Waals surface area contributed by atoms with Gasteiger partial charge in [0.05, 0.1) is 23.7 Å². The predicted molar refractivity (Wildman–Crippen MR) is 140 cm³/mol. The van der Waals surface area contributed by atoms with E-state index in [9.17, 15) is 13.2 Å². The molecule has 1 atom stereocenters. The molecular formula is C27H25N5O3S. The lowest BCUT2D eigenvalue weighted by molar-refractivity contribution is -0.130. The Hall–Kier alpha value is -4.24. The maximum absolute atomic E-state index is 12.6. The summed E-state index contributed by atoms with van der Waals surface area (Å²) in [5.74, 6) is -0.201. The zero-order valence-electron chi connectivity index (χ0n) is 19.9. The maximum Gasteiger partial charge on any atom is 0.240 e. The van der Waals surface area contributed by atoms with Crippen molar-refractivity contribution in [1.29, 1.82) is 0 Å². The molecule has 36 heavy (non-hydrogen) atoms. The van der Waals surface area contributed by atoms with Crippen LogP contribution in [-0.4, -0.2) is 41.1 Å². The molecule has 9 heteroatoms. The Morgan fingerprint density at radius 1 is 0.972 bits per heavy atom. The van der Waals surface area contributed by atoms with Crippen LogP contribution in [0.2, 0.25) is 0 Å². The summed E-state index contributed by atoms with van der Waals surface area (Å²) in [6.07, 6.45) is 3.51. The van der Waals surface area contributed by atoms with Gasteiger partial charge in [-0.05, 0) is 29.8 Å². The zero-order valence-corrected chi connectivity index (χ0v) is 20.7. The van der Waals surface area contributed by atoms with Crippen LogP contribution < -0.4 is 4.72 Å². The second kappa shape index (κ2) is 9.43. The number of amides is 1. The number of para-hydroxylation sites is 1. The molecule has 0 aliphatic carbocycles. The van der Waals surface area contributed by atoms with E-state index in [-0.39, 0.29) is 11.9 Å². The summed E-state index contributed by atoms with van der Waals surface area (Å²) >= 11 is 0. The second-order valence-electron chi connectivity index (χ2n) is 8.67. The van der Waals surface area contributed by atoms with E-state index in [0.717, 1.165) is 40.0 Å². The number of sulfonamides is 1. The summed E-state index contributed by atoms with van der Waals surface area (Å²) < 4.78 is 27.8. The highest BCUT2D eigenvalue weighted by molar-refractivity contribution is 7.92. The van der Waals surface area contributed by atoms with Gasteiger partial charge in [-0.3, -0.25) is 9.52 Å². The molecule has 4 aromatic rings. The molecule has 0 unspecified atom stereocenters. The number of rotatable bonds is 6. The van der Waals surface area contributed by atoms with Gasteiger partial charge in [0.15, 0.2) is 0 Å². The Bertz CT molecular complexity index is 1550. The molecule has 0 radical (unpaired) electrons. The smallest absolute Gasteiger partial charge is 0.240 e. The molecule has 0 bridgehead atoms. The van der Waals surface area contributed by atoms with Crippen LogP contribution in [-0.2, 0) is 14.8 Å². The summed E-state index contributed by atoms with van der Waals surface area (Å²) in [7, 11) is -3.43. The van der Waals surface area contributed by atoms with E-state index in [1.54, 1.807) is 18.2 Å². The summed E-state index contributed by atoms with van der Waals surface area (Å²) in [4.78, 5) is 12.6. The standard InChI is InChI=1S/C27H25N5O3S/c1-19(33)32-26(21-12-9-13-22(16-21)30-36(2,34)35)17-25(28-32)24-18-31(23-14-7-4-8-15-23)29-27(24)20-10-5-3-6-11-20/h3-16,18,26,30H,17H2,1-2H3/t26-/m1/s1. The van der Waals surface area contributed by atoms with Crippen LogP contribution in [0.4, 0.5) is 5.69 Å². The van der Waals surface area contributed by atoms with Crippen LogP contribution >= 0.6 is 0 Å². The average molecular weight is 500 g/mol. The fourth-order valence-electron chi connectivity index (χ4n) is 4.35. The van der Waals surface area contributed by atoms with Crippen molar-refractivity contribution in [3.8, 4) is 16.9 Å².